The average molecular weight is 685 g/mol. The summed E-state index contributed by atoms with van der Waals surface area (Å²) >= 11 is 0. The molecule has 0 spiro atoms. The van der Waals surface area contributed by atoms with Gasteiger partial charge < -0.3 is 24.4 Å². The van der Waals surface area contributed by atoms with E-state index in [4.69, 9.17) is 14.2 Å². The summed E-state index contributed by atoms with van der Waals surface area (Å²) < 4.78 is 71.7. The molecule has 16 heteroatoms. The van der Waals surface area contributed by atoms with Crippen molar-refractivity contribution in [3.63, 3.8) is 0 Å². The minimum atomic E-state index is -4.66. The highest BCUT2D eigenvalue weighted by molar-refractivity contribution is 7.93. The number of aliphatic carboxylic acids is 2. The van der Waals surface area contributed by atoms with Gasteiger partial charge >= 0.3 is 17.9 Å². The molecular formula is C31H28N2O12S2. The summed E-state index contributed by atoms with van der Waals surface area (Å²) in [6.45, 7) is -2.21. The van der Waals surface area contributed by atoms with Crippen molar-refractivity contribution in [1.29, 1.82) is 0 Å². The van der Waals surface area contributed by atoms with Crippen molar-refractivity contribution in [2.45, 2.75) is 9.79 Å². The highest BCUT2D eigenvalue weighted by Gasteiger charge is 2.33. The van der Waals surface area contributed by atoms with E-state index in [1.54, 1.807) is 6.07 Å². The lowest BCUT2D eigenvalue weighted by atomic mass is 10.2. The lowest BCUT2D eigenvalue weighted by Gasteiger charge is -2.27. The van der Waals surface area contributed by atoms with Gasteiger partial charge in [-0.05, 0) is 72.8 Å². The highest BCUT2D eigenvalue weighted by Crippen LogP contribution is 2.38. The first-order chi connectivity index (χ1) is 22.3. The summed E-state index contributed by atoms with van der Waals surface area (Å²) in [6, 6.07) is 20.7. The minimum absolute atomic E-state index is 0.0277. The Balaban J connectivity index is 1.92. The number of hydrogen-bond acceptors (Lipinski definition) is 10. The summed E-state index contributed by atoms with van der Waals surface area (Å²) in [5, 5.41) is 19.3. The molecule has 2 N–H and O–H groups in total. The van der Waals surface area contributed by atoms with Crippen molar-refractivity contribution >= 4 is 49.3 Å². The molecule has 0 aromatic heterocycles. The largest absolute Gasteiger partial charge is 0.497 e. The van der Waals surface area contributed by atoms with Gasteiger partial charge in [-0.3, -0.25) is 18.2 Å². The molecule has 0 aliphatic carbocycles. The van der Waals surface area contributed by atoms with Crippen molar-refractivity contribution in [2.24, 2.45) is 0 Å². The molecule has 0 saturated heterocycles. The number of benzene rings is 4. The predicted molar refractivity (Wildman–Crippen MR) is 168 cm³/mol. The minimum Gasteiger partial charge on any atom is -0.497 e. The van der Waals surface area contributed by atoms with Crippen LogP contribution in [0.5, 0.6) is 17.2 Å². The zero-order valence-corrected chi connectivity index (χ0v) is 26.5. The number of esters is 1. The van der Waals surface area contributed by atoms with Gasteiger partial charge in [0, 0.05) is 6.07 Å². The summed E-state index contributed by atoms with van der Waals surface area (Å²) in [7, 11) is -6.49. The molecule has 4 aromatic carbocycles. The molecule has 0 bridgehead atoms. The Morgan fingerprint density at radius 2 is 1.11 bits per heavy atom. The number of methoxy groups -OCH3 is 2. The fourth-order valence-corrected chi connectivity index (χ4v) is 7.12. The molecule has 0 aliphatic heterocycles. The summed E-state index contributed by atoms with van der Waals surface area (Å²) in [4.78, 5) is 36.4. The number of rotatable bonds is 14. The fourth-order valence-electron chi connectivity index (χ4n) is 4.29. The van der Waals surface area contributed by atoms with Crippen LogP contribution in [0.2, 0.25) is 0 Å². The number of carbonyl (C=O) groups excluding carboxylic acids is 1. The fraction of sp³-hybridized carbons (Fsp3) is 0.129. The summed E-state index contributed by atoms with van der Waals surface area (Å²) in [6.07, 6.45) is 0. The monoisotopic (exact) mass is 684 g/mol. The van der Waals surface area contributed by atoms with E-state index in [9.17, 15) is 41.4 Å². The molecule has 0 aliphatic rings. The Kier molecular flexibility index (Phi) is 10.4. The van der Waals surface area contributed by atoms with E-state index >= 15 is 0 Å². The molecule has 0 amide bonds. The van der Waals surface area contributed by atoms with Gasteiger partial charge in [-0.25, -0.2) is 21.6 Å². The van der Waals surface area contributed by atoms with Crippen LogP contribution in [0.1, 0.15) is 10.4 Å². The topological polar surface area (TPSA) is 194 Å². The third-order valence-corrected chi connectivity index (χ3v) is 10.1. The number of anilines is 2. The van der Waals surface area contributed by atoms with Crippen molar-refractivity contribution < 1.29 is 55.6 Å². The van der Waals surface area contributed by atoms with E-state index in [1.165, 1.54) is 87.0 Å². The van der Waals surface area contributed by atoms with E-state index in [2.05, 4.69) is 0 Å². The van der Waals surface area contributed by atoms with Crippen LogP contribution in [0.15, 0.2) is 107 Å². The Bertz CT molecular complexity index is 1980. The Labute approximate surface area is 270 Å². The van der Waals surface area contributed by atoms with E-state index < -0.39 is 62.5 Å². The van der Waals surface area contributed by atoms with Crippen LogP contribution < -0.4 is 22.8 Å². The van der Waals surface area contributed by atoms with Crippen molar-refractivity contribution in [1.82, 2.24) is 0 Å². The van der Waals surface area contributed by atoms with Gasteiger partial charge in [0.1, 0.15) is 24.6 Å². The average Bonchev–Trinajstić information content (AvgIpc) is 3.06. The Hall–Kier alpha value is -5.61. The van der Waals surface area contributed by atoms with Gasteiger partial charge in [-0.1, -0.05) is 18.2 Å². The number of ether oxygens (including phenoxy) is 3. The molecule has 0 heterocycles. The van der Waals surface area contributed by atoms with Crippen molar-refractivity contribution in [3.8, 4) is 17.2 Å². The standard InChI is InChI=1S/C31H28N2O12S2/c1-43-23-9-13-25(14-10-23)46(39,40)32(19-29(34)35)22-8-17-27(28(18-22)45-31(38)21-6-4-3-5-7-21)33(20-30(36)37)47(41,42)26-15-11-24(44-2)12-16-26/h3-18H,19-20H2,1-2H3,(H,34,35)(H,36,37). The number of carbonyl (C=O) groups is 3. The first-order valence-electron chi connectivity index (χ1n) is 13.5. The predicted octanol–water partition coefficient (Wildman–Crippen LogP) is 3.48. The van der Waals surface area contributed by atoms with Crippen LogP contribution in [-0.2, 0) is 29.6 Å². The number of carboxylic acid groups (broad SMARTS) is 2. The van der Waals surface area contributed by atoms with Gasteiger partial charge in [0.05, 0.1) is 40.9 Å². The van der Waals surface area contributed by atoms with E-state index in [0.29, 0.717) is 20.1 Å². The molecule has 4 rings (SSSR count). The molecule has 0 saturated carbocycles. The summed E-state index contributed by atoms with van der Waals surface area (Å²) in [5.41, 5.74) is -0.756. The maximum atomic E-state index is 13.8. The molecule has 0 atom stereocenters. The van der Waals surface area contributed by atoms with E-state index in [1.807, 2.05) is 0 Å². The maximum Gasteiger partial charge on any atom is 0.343 e. The highest BCUT2D eigenvalue weighted by atomic mass is 32.2. The van der Waals surface area contributed by atoms with E-state index in [-0.39, 0.29) is 21.0 Å². The van der Waals surface area contributed by atoms with Crippen LogP contribution in [-0.4, -0.2) is 72.3 Å². The van der Waals surface area contributed by atoms with Crippen LogP contribution in [0.4, 0.5) is 11.4 Å². The van der Waals surface area contributed by atoms with Crippen LogP contribution in [0.3, 0.4) is 0 Å². The second-order valence-corrected chi connectivity index (χ2v) is 13.3. The van der Waals surface area contributed by atoms with Crippen molar-refractivity contribution in [3.05, 3.63) is 103 Å². The zero-order chi connectivity index (χ0) is 34.4. The maximum absolute atomic E-state index is 13.8. The SMILES string of the molecule is COc1ccc(S(=O)(=O)N(CC(=O)O)c2ccc(N(CC(=O)O)S(=O)(=O)c3ccc(OC)cc3)c(OC(=O)c3ccccc3)c2)cc1. The Morgan fingerprint density at radius 3 is 1.57 bits per heavy atom. The number of carboxylic acids is 2. The third-order valence-electron chi connectivity index (χ3n) is 6.56. The number of sulfonamides is 2. The van der Waals surface area contributed by atoms with Crippen LogP contribution in [0, 0.1) is 0 Å². The van der Waals surface area contributed by atoms with Gasteiger partial charge in [-0.2, -0.15) is 0 Å². The van der Waals surface area contributed by atoms with Crippen LogP contribution >= 0.6 is 0 Å². The molecule has 0 radical (unpaired) electrons. The van der Waals surface area contributed by atoms with Crippen LogP contribution in [0.25, 0.3) is 0 Å². The molecule has 0 unspecified atom stereocenters. The Morgan fingerprint density at radius 1 is 0.638 bits per heavy atom. The summed E-state index contributed by atoms with van der Waals surface area (Å²) in [5.74, 6) is -4.01. The lowest BCUT2D eigenvalue weighted by molar-refractivity contribution is -0.136. The van der Waals surface area contributed by atoms with Gasteiger partial charge in [0.15, 0.2) is 5.75 Å². The first-order valence-corrected chi connectivity index (χ1v) is 16.3. The quantitative estimate of drug-likeness (QED) is 0.145. The van der Waals surface area contributed by atoms with Gasteiger partial charge in [0.2, 0.25) is 0 Å². The first kappa shape index (κ1) is 34.3. The van der Waals surface area contributed by atoms with Crippen molar-refractivity contribution in [2.75, 3.05) is 35.9 Å². The number of hydrogen-bond donors (Lipinski definition) is 2. The van der Waals surface area contributed by atoms with Gasteiger partial charge in [0.25, 0.3) is 20.0 Å². The normalized spacial score (nSPS) is 11.3. The lowest BCUT2D eigenvalue weighted by Crippen LogP contribution is -2.37. The molecule has 14 nitrogen and oxygen atoms in total. The third kappa shape index (κ3) is 7.79. The molecule has 0 fully saturated rings. The molecule has 4 aromatic rings. The molecule has 47 heavy (non-hydrogen) atoms. The van der Waals surface area contributed by atoms with E-state index in [0.717, 1.165) is 18.2 Å². The number of nitrogens with zero attached hydrogens (tertiary/aromatic N) is 2. The molecular weight excluding hydrogens is 656 g/mol. The second kappa shape index (κ2) is 14.2. The molecule has 246 valence electrons. The smallest absolute Gasteiger partial charge is 0.343 e. The second-order valence-electron chi connectivity index (χ2n) is 9.57. The van der Waals surface area contributed by atoms with Gasteiger partial charge in [-0.15, -0.1) is 0 Å². The zero-order valence-electron chi connectivity index (χ0n) is 24.8.